The molecule has 0 fully saturated rings. The van der Waals surface area contributed by atoms with Crippen LogP contribution in [0.4, 0.5) is 0 Å². The molecule has 0 aliphatic carbocycles. The second kappa shape index (κ2) is 6.10. The normalized spacial score (nSPS) is 10.2. The van der Waals surface area contributed by atoms with Gasteiger partial charge in [-0.25, -0.2) is 0 Å². The van der Waals surface area contributed by atoms with E-state index >= 15 is 0 Å². The molecule has 0 bridgehead atoms. The summed E-state index contributed by atoms with van der Waals surface area (Å²) in [6, 6.07) is 7.22. The minimum absolute atomic E-state index is 0.119. The maximum absolute atomic E-state index is 10.9. The summed E-state index contributed by atoms with van der Waals surface area (Å²) >= 11 is 0. The monoisotopic (exact) mass is 276 g/mol. The van der Waals surface area contributed by atoms with Gasteiger partial charge in [-0.3, -0.25) is 4.79 Å². The van der Waals surface area contributed by atoms with Crippen LogP contribution >= 0.6 is 0 Å². The van der Waals surface area contributed by atoms with Gasteiger partial charge in [-0.15, -0.1) is 0 Å². The number of carbonyl (C=O) groups is 1. The third-order valence-corrected chi connectivity index (χ3v) is 2.72. The van der Waals surface area contributed by atoms with Crippen molar-refractivity contribution in [2.75, 3.05) is 14.2 Å². The molecule has 1 heterocycles. The molecule has 2 aromatic rings. The van der Waals surface area contributed by atoms with Crippen molar-refractivity contribution in [3.63, 3.8) is 0 Å². The molecule has 6 nitrogen and oxygen atoms in total. The molecule has 0 saturated carbocycles. The van der Waals surface area contributed by atoms with E-state index in [9.17, 15) is 4.79 Å². The molecule has 0 radical (unpaired) electrons. The first kappa shape index (κ1) is 13.9. The highest BCUT2D eigenvalue weighted by molar-refractivity contribution is 5.72. The van der Waals surface area contributed by atoms with Gasteiger partial charge >= 0.3 is 0 Å². The summed E-state index contributed by atoms with van der Waals surface area (Å²) in [5, 5.41) is 6.63. The summed E-state index contributed by atoms with van der Waals surface area (Å²) in [6.45, 7) is 1.76. The fraction of sp³-hybridized carbons (Fsp3) is 0.286. The van der Waals surface area contributed by atoms with Gasteiger partial charge in [0.15, 0.2) is 5.76 Å². The fourth-order valence-electron chi connectivity index (χ4n) is 1.70. The predicted octanol–water partition coefficient (Wildman–Crippen LogP) is 1.99. The third-order valence-electron chi connectivity index (χ3n) is 2.72. The van der Waals surface area contributed by atoms with E-state index < -0.39 is 0 Å². The van der Waals surface area contributed by atoms with Gasteiger partial charge in [-0.05, 0) is 12.1 Å². The summed E-state index contributed by atoms with van der Waals surface area (Å²) in [5.74, 6) is 1.81. The first-order valence-corrected chi connectivity index (χ1v) is 6.06. The molecule has 1 aromatic heterocycles. The van der Waals surface area contributed by atoms with E-state index in [0.717, 1.165) is 5.56 Å². The lowest BCUT2D eigenvalue weighted by Crippen LogP contribution is -2.18. The molecule has 0 aliphatic heterocycles. The summed E-state index contributed by atoms with van der Waals surface area (Å²) < 4.78 is 15.6. The quantitative estimate of drug-likeness (QED) is 0.904. The number of nitrogens with zero attached hydrogens (tertiary/aromatic N) is 1. The van der Waals surface area contributed by atoms with Crippen LogP contribution in [0, 0.1) is 0 Å². The maximum Gasteiger partial charge on any atom is 0.217 e. The van der Waals surface area contributed by atoms with Crippen LogP contribution in [-0.2, 0) is 11.3 Å². The lowest BCUT2D eigenvalue weighted by molar-refractivity contribution is -0.119. The average Bonchev–Trinajstić information content (AvgIpc) is 2.93. The molecule has 20 heavy (non-hydrogen) atoms. The molecule has 1 amide bonds. The number of ether oxygens (including phenoxy) is 2. The highest BCUT2D eigenvalue weighted by Gasteiger charge is 2.10. The number of hydrogen-bond acceptors (Lipinski definition) is 5. The van der Waals surface area contributed by atoms with Gasteiger partial charge < -0.3 is 19.3 Å². The van der Waals surface area contributed by atoms with Crippen LogP contribution in [0.1, 0.15) is 12.7 Å². The Morgan fingerprint density at radius 3 is 2.40 bits per heavy atom. The highest BCUT2D eigenvalue weighted by atomic mass is 16.5. The summed E-state index contributed by atoms with van der Waals surface area (Å²) in [6.07, 6.45) is 0. The lowest BCUT2D eigenvalue weighted by Gasteiger charge is -2.06. The van der Waals surface area contributed by atoms with E-state index in [-0.39, 0.29) is 5.91 Å². The molecule has 106 valence electrons. The van der Waals surface area contributed by atoms with Crippen LogP contribution in [0.25, 0.3) is 11.3 Å². The molecule has 0 atom stereocenters. The van der Waals surface area contributed by atoms with Crippen LogP contribution < -0.4 is 14.8 Å². The molecule has 2 rings (SSSR count). The Morgan fingerprint density at radius 1 is 1.20 bits per heavy atom. The molecule has 0 aliphatic rings. The molecule has 1 N–H and O–H groups in total. The molecule has 0 spiro atoms. The number of hydrogen-bond donors (Lipinski definition) is 1. The molecular formula is C14H16N2O4. The number of rotatable bonds is 5. The van der Waals surface area contributed by atoms with Gasteiger partial charge in [0.25, 0.3) is 0 Å². The van der Waals surface area contributed by atoms with Gasteiger partial charge in [-0.1, -0.05) is 5.16 Å². The number of methoxy groups -OCH3 is 2. The topological polar surface area (TPSA) is 73.6 Å². The zero-order valence-corrected chi connectivity index (χ0v) is 11.6. The minimum Gasteiger partial charge on any atom is -0.497 e. The molecule has 0 unspecified atom stereocenters. The predicted molar refractivity (Wildman–Crippen MR) is 72.6 cm³/mol. The summed E-state index contributed by atoms with van der Waals surface area (Å²) in [7, 11) is 3.17. The van der Waals surface area contributed by atoms with Crippen molar-refractivity contribution in [3.05, 3.63) is 30.0 Å². The smallest absolute Gasteiger partial charge is 0.217 e. The van der Waals surface area contributed by atoms with Crippen molar-refractivity contribution in [2.45, 2.75) is 13.5 Å². The van der Waals surface area contributed by atoms with Gasteiger partial charge in [0.1, 0.15) is 17.2 Å². The van der Waals surface area contributed by atoms with Gasteiger partial charge in [0, 0.05) is 24.6 Å². The number of carbonyl (C=O) groups excluding carboxylic acids is 1. The van der Waals surface area contributed by atoms with Crippen LogP contribution in [0.3, 0.4) is 0 Å². The van der Waals surface area contributed by atoms with E-state index in [1.807, 2.05) is 12.1 Å². The van der Waals surface area contributed by atoms with E-state index in [1.165, 1.54) is 6.92 Å². The van der Waals surface area contributed by atoms with Crippen LogP contribution in [0.15, 0.2) is 28.8 Å². The van der Waals surface area contributed by atoms with Crippen LogP contribution in [0.2, 0.25) is 0 Å². The molecular weight excluding hydrogens is 260 g/mol. The standard InChI is InChI=1S/C14H16N2O4/c1-9(17)15-8-13-7-14(16-20-13)10-4-11(18-2)6-12(5-10)19-3/h4-7H,8H2,1-3H3,(H,15,17). The zero-order chi connectivity index (χ0) is 14.5. The SMILES string of the molecule is COc1cc(OC)cc(-c2cc(CNC(C)=O)on2)c1. The third kappa shape index (κ3) is 3.28. The number of amides is 1. The molecule has 0 saturated heterocycles. The van der Waals surface area contributed by atoms with Gasteiger partial charge in [0.05, 0.1) is 20.8 Å². The summed E-state index contributed by atoms with van der Waals surface area (Å²) in [5.41, 5.74) is 1.47. The first-order valence-electron chi connectivity index (χ1n) is 6.06. The fourth-order valence-corrected chi connectivity index (χ4v) is 1.70. The van der Waals surface area contributed by atoms with Crippen molar-refractivity contribution < 1.29 is 18.8 Å². The molecule has 6 heteroatoms. The van der Waals surface area contributed by atoms with E-state index in [1.54, 1.807) is 26.4 Å². The Hall–Kier alpha value is -2.50. The first-order chi connectivity index (χ1) is 9.62. The Kier molecular flexibility index (Phi) is 4.24. The number of nitrogens with one attached hydrogen (secondary N) is 1. The second-order valence-electron chi connectivity index (χ2n) is 4.19. The van der Waals surface area contributed by atoms with Crippen molar-refractivity contribution in [1.82, 2.24) is 10.5 Å². The van der Waals surface area contributed by atoms with Crippen molar-refractivity contribution >= 4 is 5.91 Å². The molecule has 1 aromatic carbocycles. The van der Waals surface area contributed by atoms with E-state index in [4.69, 9.17) is 14.0 Å². The van der Waals surface area contributed by atoms with Crippen LogP contribution in [-0.4, -0.2) is 25.3 Å². The Balaban J connectivity index is 2.24. The Labute approximate surface area is 116 Å². The number of aromatic nitrogens is 1. The van der Waals surface area contributed by atoms with Crippen molar-refractivity contribution in [2.24, 2.45) is 0 Å². The average molecular weight is 276 g/mol. The Bertz CT molecular complexity index is 585. The van der Waals surface area contributed by atoms with Gasteiger partial charge in [-0.2, -0.15) is 0 Å². The largest absolute Gasteiger partial charge is 0.497 e. The summed E-state index contributed by atoms with van der Waals surface area (Å²) in [4.78, 5) is 10.9. The van der Waals surface area contributed by atoms with Crippen LogP contribution in [0.5, 0.6) is 11.5 Å². The zero-order valence-electron chi connectivity index (χ0n) is 11.6. The Morgan fingerprint density at radius 2 is 1.85 bits per heavy atom. The second-order valence-corrected chi connectivity index (χ2v) is 4.19. The lowest BCUT2D eigenvalue weighted by atomic mass is 10.1. The number of benzene rings is 1. The van der Waals surface area contributed by atoms with E-state index in [2.05, 4.69) is 10.5 Å². The van der Waals surface area contributed by atoms with Crippen molar-refractivity contribution in [1.29, 1.82) is 0 Å². The van der Waals surface area contributed by atoms with Crippen molar-refractivity contribution in [3.8, 4) is 22.8 Å². The van der Waals surface area contributed by atoms with Gasteiger partial charge in [0.2, 0.25) is 5.91 Å². The minimum atomic E-state index is -0.119. The highest BCUT2D eigenvalue weighted by Crippen LogP contribution is 2.29. The maximum atomic E-state index is 10.9. The van der Waals surface area contributed by atoms with E-state index in [0.29, 0.717) is 29.5 Å².